The van der Waals surface area contributed by atoms with Gasteiger partial charge in [0.25, 0.3) is 0 Å². The summed E-state index contributed by atoms with van der Waals surface area (Å²) >= 11 is 2.00. The van der Waals surface area contributed by atoms with Crippen LogP contribution in [-0.2, 0) is 12.8 Å². The molecule has 0 atom stereocenters. The largest absolute Gasteiger partial charge is 0.354 e. The van der Waals surface area contributed by atoms with Gasteiger partial charge < -0.3 is 4.90 Å². The molecule has 4 aromatic carbocycles. The summed E-state index contributed by atoms with van der Waals surface area (Å²) < 4.78 is 2.95. The van der Waals surface area contributed by atoms with Crippen molar-refractivity contribution in [3.05, 3.63) is 149 Å². The molecule has 1 aromatic heterocycles. The van der Waals surface area contributed by atoms with E-state index in [1.54, 1.807) is 12.6 Å². The number of hydrogen-bond acceptors (Lipinski definition) is 4. The summed E-state index contributed by atoms with van der Waals surface area (Å²) in [5.41, 5.74) is 13.5. The fourth-order valence-corrected chi connectivity index (χ4v) is 7.59. The van der Waals surface area contributed by atoms with Crippen LogP contribution in [0.5, 0.6) is 0 Å². The first-order valence-corrected chi connectivity index (χ1v) is 19.9. The molecule has 5 aromatic rings. The SMILES string of the molecule is C=C1CC/C=C\N(C)C2=C1c1ccc3sc4c(CCCCC)cccc4c3c1CC2.CC.CC.CNN.Cc1ccccc1.Cc1ccccc1. The minimum Gasteiger partial charge on any atom is -0.354 e. The molecule has 0 saturated heterocycles. The third kappa shape index (κ3) is 12.6. The van der Waals surface area contributed by atoms with Gasteiger partial charge in [0.15, 0.2) is 0 Å². The highest BCUT2D eigenvalue weighted by Crippen LogP contribution is 2.46. The molecule has 3 nitrogen and oxygen atoms in total. The lowest BCUT2D eigenvalue weighted by atomic mass is 9.81. The molecule has 2 heterocycles. The van der Waals surface area contributed by atoms with Crippen molar-refractivity contribution in [2.75, 3.05) is 14.1 Å². The second-order valence-corrected chi connectivity index (χ2v) is 13.4. The quantitative estimate of drug-likeness (QED) is 0.111. The predicted octanol–water partition coefficient (Wildman–Crippen LogP) is 13.4. The number of unbranched alkanes of at least 4 members (excludes halogenated alkanes) is 2. The summed E-state index contributed by atoms with van der Waals surface area (Å²) in [7, 11) is 3.84. The van der Waals surface area contributed by atoms with E-state index in [1.165, 1.54) is 85.0 Å². The van der Waals surface area contributed by atoms with Crippen LogP contribution in [0, 0.1) is 13.8 Å². The number of thiophene rings is 1. The summed E-state index contributed by atoms with van der Waals surface area (Å²) in [6.45, 7) is 19.0. The number of allylic oxidation sites excluding steroid dienone is 4. The minimum atomic E-state index is 1.05. The zero-order valence-corrected chi connectivity index (χ0v) is 33.9. The molecule has 0 spiro atoms. The van der Waals surface area contributed by atoms with Crippen LogP contribution in [0.2, 0.25) is 0 Å². The number of aryl methyl sites for hydroxylation is 4. The average molecular weight is 704 g/mol. The number of nitrogens with one attached hydrogen (secondary N) is 1. The summed E-state index contributed by atoms with van der Waals surface area (Å²) in [5.74, 6) is 4.60. The maximum absolute atomic E-state index is 4.60. The molecule has 0 fully saturated rings. The van der Waals surface area contributed by atoms with Crippen LogP contribution in [0.4, 0.5) is 0 Å². The molecule has 3 N–H and O–H groups in total. The van der Waals surface area contributed by atoms with Crippen LogP contribution in [-0.4, -0.2) is 19.0 Å². The van der Waals surface area contributed by atoms with Crippen LogP contribution in [0.1, 0.15) is 101 Å². The second kappa shape index (κ2) is 24.3. The van der Waals surface area contributed by atoms with Crippen LogP contribution >= 0.6 is 11.3 Å². The highest BCUT2D eigenvalue weighted by molar-refractivity contribution is 7.26. The number of nitrogens with two attached hydrogens (primary N) is 1. The maximum atomic E-state index is 4.60. The van der Waals surface area contributed by atoms with E-state index in [4.69, 9.17) is 0 Å². The van der Waals surface area contributed by atoms with Gasteiger partial charge in [-0.25, -0.2) is 0 Å². The molecule has 274 valence electrons. The van der Waals surface area contributed by atoms with Gasteiger partial charge >= 0.3 is 0 Å². The molecule has 4 heteroatoms. The Morgan fingerprint density at radius 1 is 0.784 bits per heavy atom. The second-order valence-electron chi connectivity index (χ2n) is 12.4. The number of fused-ring (bicyclic) bond motifs is 6. The Morgan fingerprint density at radius 2 is 1.39 bits per heavy atom. The summed E-state index contributed by atoms with van der Waals surface area (Å²) in [5, 5.41) is 2.97. The zero-order valence-electron chi connectivity index (χ0n) is 33.1. The predicted molar refractivity (Wildman–Crippen MR) is 231 cm³/mol. The highest BCUT2D eigenvalue weighted by atomic mass is 32.1. The van der Waals surface area contributed by atoms with E-state index in [0.717, 1.165) is 25.7 Å². The van der Waals surface area contributed by atoms with E-state index in [2.05, 4.69) is 117 Å². The average Bonchev–Trinajstić information content (AvgIpc) is 3.55. The molecule has 51 heavy (non-hydrogen) atoms. The molecule has 1 aliphatic carbocycles. The molecule has 1 aliphatic heterocycles. The normalized spacial score (nSPS) is 13.5. The van der Waals surface area contributed by atoms with Gasteiger partial charge in [0.05, 0.1) is 0 Å². The first-order chi connectivity index (χ1) is 24.9. The van der Waals surface area contributed by atoms with Crippen LogP contribution in [0.3, 0.4) is 0 Å². The van der Waals surface area contributed by atoms with Crippen molar-refractivity contribution < 1.29 is 0 Å². The van der Waals surface area contributed by atoms with E-state index in [-0.39, 0.29) is 0 Å². The molecule has 0 unspecified atom stereocenters. The number of nitrogens with zero attached hydrogens (tertiary/aromatic N) is 1. The van der Waals surface area contributed by atoms with Crippen molar-refractivity contribution in [3.63, 3.8) is 0 Å². The lowest BCUT2D eigenvalue weighted by Crippen LogP contribution is -2.19. The lowest BCUT2D eigenvalue weighted by Gasteiger charge is -2.31. The van der Waals surface area contributed by atoms with E-state index >= 15 is 0 Å². The standard InChI is InChI=1S/C28H31NS.2C7H8.2C2H6.CH6N2/c1-4-5-6-11-20-12-9-13-23-27-22-14-16-24-26(19(2)10-7-8-18-29(24)3)21(22)15-17-25(27)30-28(20)23;2*1-7-5-3-2-4-6-7;2*1-2;1-3-2/h8-9,12-13,15,17-18H,2,4-7,10-11,14,16H2,1,3H3;2*2-6H,1H3;2*1-2H3;3H,2H2,1H3/b18-8-;;;;;. The van der Waals surface area contributed by atoms with Gasteiger partial charge in [0.2, 0.25) is 0 Å². The van der Waals surface area contributed by atoms with Gasteiger partial charge in [0.1, 0.15) is 0 Å². The Kier molecular flexibility index (Phi) is 20.6. The van der Waals surface area contributed by atoms with Crippen molar-refractivity contribution in [3.8, 4) is 0 Å². The maximum Gasteiger partial charge on any atom is 0.0387 e. The smallest absolute Gasteiger partial charge is 0.0387 e. The first kappa shape index (κ1) is 43.2. The van der Waals surface area contributed by atoms with Gasteiger partial charge in [-0.2, -0.15) is 0 Å². The molecule has 7 rings (SSSR count). The zero-order chi connectivity index (χ0) is 37.6. The fourth-order valence-electron chi connectivity index (χ4n) is 6.32. The lowest BCUT2D eigenvalue weighted by molar-refractivity contribution is 0.531. The number of hydrazine groups is 1. The molecule has 0 saturated carbocycles. The van der Waals surface area contributed by atoms with Crippen molar-refractivity contribution in [1.82, 2.24) is 10.3 Å². The number of rotatable bonds is 4. The summed E-state index contributed by atoms with van der Waals surface area (Å²) in [6, 6.07) is 32.2. The van der Waals surface area contributed by atoms with E-state index in [9.17, 15) is 0 Å². The van der Waals surface area contributed by atoms with Gasteiger partial charge in [0, 0.05) is 38.5 Å². The first-order valence-electron chi connectivity index (χ1n) is 19.1. The Morgan fingerprint density at radius 3 is 1.94 bits per heavy atom. The van der Waals surface area contributed by atoms with Crippen molar-refractivity contribution in [1.29, 1.82) is 0 Å². The van der Waals surface area contributed by atoms with Gasteiger partial charge in [-0.15, -0.1) is 11.3 Å². The van der Waals surface area contributed by atoms with E-state index in [0.29, 0.717) is 0 Å². The summed E-state index contributed by atoms with van der Waals surface area (Å²) in [6.07, 6.45) is 13.9. The third-order valence-electron chi connectivity index (χ3n) is 8.67. The van der Waals surface area contributed by atoms with Crippen LogP contribution < -0.4 is 11.3 Å². The molecule has 0 bridgehead atoms. The highest BCUT2D eigenvalue weighted by Gasteiger charge is 2.26. The Bertz CT molecular complexity index is 1740. The fraction of sp³-hybridized carbons (Fsp3) is 0.362. The number of hydrogen-bond donors (Lipinski definition) is 2. The third-order valence-corrected chi connectivity index (χ3v) is 9.92. The minimum absolute atomic E-state index is 1.05. The monoisotopic (exact) mass is 703 g/mol. The van der Waals surface area contributed by atoms with Gasteiger partial charge in [-0.3, -0.25) is 11.3 Å². The van der Waals surface area contributed by atoms with Crippen molar-refractivity contribution in [2.24, 2.45) is 5.84 Å². The molecular formula is C47H65N3S. The topological polar surface area (TPSA) is 41.3 Å². The number of benzene rings is 4. The molecular weight excluding hydrogens is 639 g/mol. The Labute approximate surface area is 315 Å². The van der Waals surface area contributed by atoms with Crippen LogP contribution in [0.25, 0.3) is 25.7 Å². The molecule has 0 radical (unpaired) electrons. The van der Waals surface area contributed by atoms with Crippen molar-refractivity contribution in [2.45, 2.75) is 99.8 Å². The van der Waals surface area contributed by atoms with E-state index in [1.807, 2.05) is 75.4 Å². The van der Waals surface area contributed by atoms with Crippen LogP contribution in [0.15, 0.2) is 121 Å². The molecule has 0 amide bonds. The Hall–Kier alpha value is -3.96. The summed E-state index contributed by atoms with van der Waals surface area (Å²) in [4.78, 5) is 2.32. The van der Waals surface area contributed by atoms with Gasteiger partial charge in [-0.05, 0) is 93.9 Å². The Balaban J connectivity index is 0.000000350. The molecule has 2 aliphatic rings. The van der Waals surface area contributed by atoms with Gasteiger partial charge in [-0.1, -0.05) is 156 Å². The van der Waals surface area contributed by atoms with E-state index < -0.39 is 0 Å². The van der Waals surface area contributed by atoms with Crippen molar-refractivity contribution >= 4 is 37.1 Å².